The molecule has 6 nitrogen and oxygen atoms in total. The summed E-state index contributed by atoms with van der Waals surface area (Å²) in [6.45, 7) is 6.30. The quantitative estimate of drug-likeness (QED) is 0.757. The van der Waals surface area contributed by atoms with Gasteiger partial charge in [-0.1, -0.05) is 24.6 Å². The molecule has 0 radical (unpaired) electrons. The van der Waals surface area contributed by atoms with Crippen LogP contribution in [0.1, 0.15) is 24.8 Å². The molecular weight excluding hydrogens is 300 g/mol. The summed E-state index contributed by atoms with van der Waals surface area (Å²) >= 11 is 0. The summed E-state index contributed by atoms with van der Waals surface area (Å²) in [6, 6.07) is 8.07. The molecule has 2 heterocycles. The molecule has 1 aromatic carbocycles. The largest absolute Gasteiger partial charge is 0.393 e. The number of nitrogens with one attached hydrogen (secondary N) is 2. The summed E-state index contributed by atoms with van der Waals surface area (Å²) in [7, 11) is 0. The average molecular weight is 326 g/mol. The minimum Gasteiger partial charge on any atom is -0.393 e. The summed E-state index contributed by atoms with van der Waals surface area (Å²) in [5, 5.41) is 6.64. The third-order valence-electron chi connectivity index (χ3n) is 4.45. The predicted octanol–water partition coefficient (Wildman–Crippen LogP) is 3.01. The Morgan fingerprint density at radius 1 is 1.08 bits per heavy atom. The molecule has 6 heteroatoms. The summed E-state index contributed by atoms with van der Waals surface area (Å²) in [5.74, 6) is 1.33. The third kappa shape index (κ3) is 4.14. The predicted molar refractivity (Wildman–Crippen MR) is 99.7 cm³/mol. The SMILES string of the molecule is Cc1ccccc1Nc1ncnc(NCCN2CCCCC2)c1N. The molecule has 128 valence electrons. The van der Waals surface area contributed by atoms with E-state index in [0.717, 1.165) is 24.3 Å². The van der Waals surface area contributed by atoms with E-state index in [4.69, 9.17) is 5.73 Å². The van der Waals surface area contributed by atoms with Crippen LogP contribution in [0.5, 0.6) is 0 Å². The first-order valence-corrected chi connectivity index (χ1v) is 8.63. The van der Waals surface area contributed by atoms with Gasteiger partial charge in [-0.3, -0.25) is 0 Å². The van der Waals surface area contributed by atoms with Crippen molar-refractivity contribution in [2.24, 2.45) is 0 Å². The second-order valence-corrected chi connectivity index (χ2v) is 6.25. The molecule has 1 aliphatic heterocycles. The Bertz CT molecular complexity index is 666. The van der Waals surface area contributed by atoms with Crippen LogP contribution in [-0.2, 0) is 0 Å². The van der Waals surface area contributed by atoms with Crippen molar-refractivity contribution < 1.29 is 0 Å². The lowest BCUT2D eigenvalue weighted by atomic mass is 10.1. The molecule has 1 aromatic heterocycles. The van der Waals surface area contributed by atoms with Crippen LogP contribution in [0.3, 0.4) is 0 Å². The molecule has 0 bridgehead atoms. The number of nitrogens with two attached hydrogens (primary N) is 1. The molecule has 0 amide bonds. The lowest BCUT2D eigenvalue weighted by molar-refractivity contribution is 0.237. The Balaban J connectivity index is 1.61. The van der Waals surface area contributed by atoms with Gasteiger partial charge in [-0.2, -0.15) is 0 Å². The van der Waals surface area contributed by atoms with E-state index in [1.165, 1.54) is 32.4 Å². The van der Waals surface area contributed by atoms with Gasteiger partial charge < -0.3 is 21.3 Å². The number of nitrogen functional groups attached to an aromatic ring is 1. The zero-order chi connectivity index (χ0) is 16.8. The van der Waals surface area contributed by atoms with Gasteiger partial charge in [-0.05, 0) is 44.5 Å². The van der Waals surface area contributed by atoms with Crippen LogP contribution in [0.25, 0.3) is 0 Å². The van der Waals surface area contributed by atoms with Gasteiger partial charge in [0.2, 0.25) is 0 Å². The van der Waals surface area contributed by atoms with E-state index in [-0.39, 0.29) is 0 Å². The highest BCUT2D eigenvalue weighted by molar-refractivity contribution is 5.78. The van der Waals surface area contributed by atoms with Crippen molar-refractivity contribution in [3.05, 3.63) is 36.2 Å². The number of piperidine rings is 1. The molecule has 0 spiro atoms. The lowest BCUT2D eigenvalue weighted by Gasteiger charge is -2.26. The first-order chi connectivity index (χ1) is 11.7. The van der Waals surface area contributed by atoms with Crippen molar-refractivity contribution in [3.8, 4) is 0 Å². The maximum atomic E-state index is 6.24. The number of rotatable bonds is 6. The molecule has 0 aliphatic carbocycles. The van der Waals surface area contributed by atoms with Crippen molar-refractivity contribution in [1.29, 1.82) is 0 Å². The summed E-state index contributed by atoms with van der Waals surface area (Å²) < 4.78 is 0. The second kappa shape index (κ2) is 7.97. The Labute approximate surface area is 143 Å². The first-order valence-electron chi connectivity index (χ1n) is 8.63. The van der Waals surface area contributed by atoms with Crippen molar-refractivity contribution in [3.63, 3.8) is 0 Å². The molecule has 4 N–H and O–H groups in total. The molecule has 2 aromatic rings. The van der Waals surface area contributed by atoms with Crippen molar-refractivity contribution in [2.45, 2.75) is 26.2 Å². The molecule has 1 fully saturated rings. The summed E-state index contributed by atoms with van der Waals surface area (Å²) in [5.41, 5.74) is 8.94. The Hall–Kier alpha value is -2.34. The highest BCUT2D eigenvalue weighted by Crippen LogP contribution is 2.26. The van der Waals surface area contributed by atoms with E-state index >= 15 is 0 Å². The van der Waals surface area contributed by atoms with Gasteiger partial charge in [-0.15, -0.1) is 0 Å². The highest BCUT2D eigenvalue weighted by atomic mass is 15.2. The standard InChI is InChI=1S/C18H26N6/c1-14-7-3-4-8-15(14)23-18-16(19)17(21-13-22-18)20-9-12-24-10-5-2-6-11-24/h3-4,7-8,13H,2,5-6,9-12,19H2,1H3,(H2,20,21,22,23). The van der Waals surface area contributed by atoms with Gasteiger partial charge in [-0.25, -0.2) is 9.97 Å². The number of benzene rings is 1. The molecule has 0 atom stereocenters. The Kier molecular flexibility index (Phi) is 5.48. The van der Waals surface area contributed by atoms with Crippen LogP contribution in [0.15, 0.2) is 30.6 Å². The van der Waals surface area contributed by atoms with E-state index in [1.807, 2.05) is 18.2 Å². The van der Waals surface area contributed by atoms with E-state index in [2.05, 4.69) is 38.5 Å². The summed E-state index contributed by atoms with van der Waals surface area (Å²) in [6.07, 6.45) is 5.51. The van der Waals surface area contributed by atoms with E-state index < -0.39 is 0 Å². The van der Waals surface area contributed by atoms with E-state index in [9.17, 15) is 0 Å². The van der Waals surface area contributed by atoms with Gasteiger partial charge in [0, 0.05) is 18.8 Å². The summed E-state index contributed by atoms with van der Waals surface area (Å²) in [4.78, 5) is 11.0. The number of hydrogen-bond donors (Lipinski definition) is 3. The Morgan fingerprint density at radius 3 is 2.62 bits per heavy atom. The van der Waals surface area contributed by atoms with Crippen molar-refractivity contribution in [1.82, 2.24) is 14.9 Å². The fraction of sp³-hybridized carbons (Fsp3) is 0.444. The minimum absolute atomic E-state index is 0.555. The molecule has 0 unspecified atom stereocenters. The topological polar surface area (TPSA) is 79.1 Å². The number of hydrogen-bond acceptors (Lipinski definition) is 6. The zero-order valence-corrected chi connectivity index (χ0v) is 14.3. The number of nitrogens with zero attached hydrogens (tertiary/aromatic N) is 3. The fourth-order valence-corrected chi connectivity index (χ4v) is 2.99. The molecule has 3 rings (SSSR count). The number of aryl methyl sites for hydroxylation is 1. The van der Waals surface area contributed by atoms with Crippen molar-refractivity contribution in [2.75, 3.05) is 42.5 Å². The van der Waals surface area contributed by atoms with Gasteiger partial charge >= 0.3 is 0 Å². The Morgan fingerprint density at radius 2 is 1.83 bits per heavy atom. The van der Waals surface area contributed by atoms with E-state index in [0.29, 0.717) is 17.3 Å². The van der Waals surface area contributed by atoms with Crippen LogP contribution in [0, 0.1) is 6.92 Å². The first kappa shape index (κ1) is 16.5. The molecular formula is C18H26N6. The molecule has 1 saturated heterocycles. The lowest BCUT2D eigenvalue weighted by Crippen LogP contribution is -2.33. The highest BCUT2D eigenvalue weighted by Gasteiger charge is 2.11. The van der Waals surface area contributed by atoms with Crippen LogP contribution < -0.4 is 16.4 Å². The minimum atomic E-state index is 0.555. The second-order valence-electron chi connectivity index (χ2n) is 6.25. The molecule has 24 heavy (non-hydrogen) atoms. The van der Waals surface area contributed by atoms with Crippen molar-refractivity contribution >= 4 is 23.0 Å². The molecule has 0 saturated carbocycles. The van der Waals surface area contributed by atoms with Gasteiger partial charge in [0.05, 0.1) is 0 Å². The maximum Gasteiger partial charge on any atom is 0.159 e. The number of para-hydroxylation sites is 1. The van der Waals surface area contributed by atoms with Crippen LogP contribution in [0.2, 0.25) is 0 Å². The van der Waals surface area contributed by atoms with Gasteiger partial charge in [0.1, 0.15) is 12.0 Å². The van der Waals surface area contributed by atoms with Gasteiger partial charge in [0.25, 0.3) is 0 Å². The third-order valence-corrected chi connectivity index (χ3v) is 4.45. The molecule has 1 aliphatic rings. The van der Waals surface area contributed by atoms with Crippen LogP contribution >= 0.6 is 0 Å². The zero-order valence-electron chi connectivity index (χ0n) is 14.3. The number of likely N-dealkylation sites (tertiary alicyclic amines) is 1. The number of aromatic nitrogens is 2. The monoisotopic (exact) mass is 326 g/mol. The average Bonchev–Trinajstić information content (AvgIpc) is 2.61. The van der Waals surface area contributed by atoms with Crippen LogP contribution in [0.4, 0.5) is 23.0 Å². The maximum absolute atomic E-state index is 6.24. The van der Waals surface area contributed by atoms with E-state index in [1.54, 1.807) is 6.33 Å². The fourth-order valence-electron chi connectivity index (χ4n) is 2.99. The van der Waals surface area contributed by atoms with Crippen LogP contribution in [-0.4, -0.2) is 41.0 Å². The normalized spacial score (nSPS) is 15.2. The smallest absolute Gasteiger partial charge is 0.159 e. The van der Waals surface area contributed by atoms with Gasteiger partial charge in [0.15, 0.2) is 11.6 Å². The number of anilines is 4.